The molecule has 4 heterocycles. The molecule has 0 spiro atoms. The normalized spacial score (nSPS) is 18.2. The van der Waals surface area contributed by atoms with Crippen LogP contribution in [-0.2, 0) is 4.79 Å². The van der Waals surface area contributed by atoms with Gasteiger partial charge in [0.1, 0.15) is 12.4 Å². The fourth-order valence-electron chi connectivity index (χ4n) is 3.88. The van der Waals surface area contributed by atoms with Crippen LogP contribution in [0.2, 0.25) is 0 Å². The predicted octanol–water partition coefficient (Wildman–Crippen LogP) is 2.74. The molecule has 2 aromatic heterocycles. The maximum absolute atomic E-state index is 13.0. The third-order valence-electron chi connectivity index (χ3n) is 5.63. The number of fused-ring (bicyclic) bond motifs is 1. The number of carbonyl (C=O) groups is 1. The fourth-order valence-corrected chi connectivity index (χ4v) is 3.88. The van der Waals surface area contributed by atoms with Crippen LogP contribution in [0.1, 0.15) is 25.7 Å². The van der Waals surface area contributed by atoms with Crippen LogP contribution in [0.25, 0.3) is 11.5 Å². The number of benzene rings is 1. The van der Waals surface area contributed by atoms with E-state index in [-0.39, 0.29) is 18.4 Å². The van der Waals surface area contributed by atoms with Crippen molar-refractivity contribution in [3.05, 3.63) is 48.5 Å². The van der Waals surface area contributed by atoms with Crippen molar-refractivity contribution in [2.75, 3.05) is 37.7 Å². The van der Waals surface area contributed by atoms with E-state index in [0.717, 1.165) is 11.4 Å². The van der Waals surface area contributed by atoms with Gasteiger partial charge >= 0.3 is 0 Å². The highest BCUT2D eigenvalue weighted by Crippen LogP contribution is 2.32. The number of pyridine rings is 1. The summed E-state index contributed by atoms with van der Waals surface area (Å²) in [6.45, 7) is 6.66. The molecule has 166 valence electrons. The number of anilines is 1. The van der Waals surface area contributed by atoms with Gasteiger partial charge in [-0.15, -0.1) is 10.2 Å². The minimum absolute atomic E-state index is 0.0566. The minimum Gasteiger partial charge on any atom is -0.485 e. The average Bonchev–Trinajstić information content (AvgIpc) is 3.34. The molecule has 3 aromatic rings. The Morgan fingerprint density at radius 2 is 1.81 bits per heavy atom. The molecule has 5 rings (SSSR count). The maximum Gasteiger partial charge on any atom is 0.267 e. The summed E-state index contributed by atoms with van der Waals surface area (Å²) >= 11 is 0. The Bertz CT molecular complexity index is 1110. The lowest BCUT2D eigenvalue weighted by Crippen LogP contribution is -2.54. The second-order valence-electron chi connectivity index (χ2n) is 8.15. The number of piperazine rings is 1. The fraction of sp³-hybridized carbons (Fsp3) is 0.391. The minimum atomic E-state index is -0.630. The van der Waals surface area contributed by atoms with Crippen molar-refractivity contribution in [1.82, 2.24) is 20.1 Å². The van der Waals surface area contributed by atoms with Gasteiger partial charge in [-0.25, -0.2) is 4.98 Å². The van der Waals surface area contributed by atoms with E-state index in [2.05, 4.69) is 20.1 Å². The monoisotopic (exact) mass is 435 g/mol. The van der Waals surface area contributed by atoms with Gasteiger partial charge in [0.25, 0.3) is 11.8 Å². The van der Waals surface area contributed by atoms with Crippen molar-refractivity contribution < 1.29 is 18.7 Å². The molecule has 1 aromatic carbocycles. The van der Waals surface area contributed by atoms with Crippen molar-refractivity contribution in [3.63, 3.8) is 0 Å². The highest BCUT2D eigenvalue weighted by molar-refractivity contribution is 5.82. The van der Waals surface area contributed by atoms with Gasteiger partial charge in [0.15, 0.2) is 11.5 Å². The largest absolute Gasteiger partial charge is 0.485 e. The molecule has 1 fully saturated rings. The van der Waals surface area contributed by atoms with E-state index in [1.54, 1.807) is 6.20 Å². The SMILES string of the molecule is CC(C)c1nnc(-c2cccnc2N2CCN(C(=O)[C@@H]3COc4ccccc4O3)CC2)o1. The van der Waals surface area contributed by atoms with Crippen LogP contribution >= 0.6 is 0 Å². The van der Waals surface area contributed by atoms with Gasteiger partial charge in [0, 0.05) is 38.3 Å². The van der Waals surface area contributed by atoms with Gasteiger partial charge in [-0.1, -0.05) is 26.0 Å². The van der Waals surface area contributed by atoms with Crippen molar-refractivity contribution in [2.45, 2.75) is 25.9 Å². The van der Waals surface area contributed by atoms with E-state index in [9.17, 15) is 4.79 Å². The molecule has 0 aliphatic carbocycles. The summed E-state index contributed by atoms with van der Waals surface area (Å²) in [5.74, 6) is 3.22. The van der Waals surface area contributed by atoms with Crippen LogP contribution in [0.4, 0.5) is 5.82 Å². The summed E-state index contributed by atoms with van der Waals surface area (Å²) in [5, 5.41) is 8.35. The third kappa shape index (κ3) is 3.86. The van der Waals surface area contributed by atoms with Gasteiger partial charge in [-0.3, -0.25) is 4.79 Å². The molecule has 32 heavy (non-hydrogen) atoms. The summed E-state index contributed by atoms with van der Waals surface area (Å²) in [6.07, 6.45) is 1.12. The number of para-hydroxylation sites is 2. The highest BCUT2D eigenvalue weighted by Gasteiger charge is 2.33. The van der Waals surface area contributed by atoms with Crippen LogP contribution in [0.3, 0.4) is 0 Å². The Hall–Kier alpha value is -3.62. The molecular weight excluding hydrogens is 410 g/mol. The topological polar surface area (TPSA) is 93.8 Å². The third-order valence-corrected chi connectivity index (χ3v) is 5.63. The summed E-state index contributed by atoms with van der Waals surface area (Å²) in [4.78, 5) is 21.6. The molecule has 0 saturated carbocycles. The second kappa shape index (κ2) is 8.49. The molecule has 9 heteroatoms. The van der Waals surface area contributed by atoms with E-state index in [0.29, 0.717) is 49.5 Å². The van der Waals surface area contributed by atoms with Crippen LogP contribution < -0.4 is 14.4 Å². The van der Waals surface area contributed by atoms with E-state index in [4.69, 9.17) is 13.9 Å². The summed E-state index contributed by atoms with van der Waals surface area (Å²) in [5.41, 5.74) is 0.798. The number of carbonyl (C=O) groups excluding carboxylic acids is 1. The number of hydrogen-bond acceptors (Lipinski definition) is 8. The summed E-state index contributed by atoms with van der Waals surface area (Å²) in [7, 11) is 0. The van der Waals surface area contributed by atoms with Gasteiger partial charge in [0.2, 0.25) is 12.0 Å². The second-order valence-corrected chi connectivity index (χ2v) is 8.15. The first-order valence-electron chi connectivity index (χ1n) is 10.8. The first kappa shape index (κ1) is 20.3. The van der Waals surface area contributed by atoms with Crippen molar-refractivity contribution in [3.8, 4) is 23.0 Å². The Morgan fingerprint density at radius 1 is 1.03 bits per heavy atom. The summed E-state index contributed by atoms with van der Waals surface area (Å²) in [6, 6.07) is 11.2. The number of ether oxygens (including phenoxy) is 2. The lowest BCUT2D eigenvalue weighted by Gasteiger charge is -2.38. The smallest absolute Gasteiger partial charge is 0.267 e. The van der Waals surface area contributed by atoms with Gasteiger partial charge in [0.05, 0.1) is 5.56 Å². The molecule has 0 unspecified atom stereocenters. The lowest BCUT2D eigenvalue weighted by atomic mass is 10.2. The molecule has 1 amide bonds. The van der Waals surface area contributed by atoms with Gasteiger partial charge in [-0.2, -0.15) is 0 Å². The van der Waals surface area contributed by atoms with Crippen molar-refractivity contribution in [2.24, 2.45) is 0 Å². The zero-order valence-electron chi connectivity index (χ0n) is 18.1. The number of nitrogens with zero attached hydrogens (tertiary/aromatic N) is 5. The Balaban J connectivity index is 1.26. The molecule has 0 radical (unpaired) electrons. The van der Waals surface area contributed by atoms with Gasteiger partial charge in [-0.05, 0) is 24.3 Å². The van der Waals surface area contributed by atoms with Crippen LogP contribution in [0.15, 0.2) is 47.0 Å². The standard InChI is InChI=1S/C23H25N5O4/c1-15(2)21-25-26-22(32-21)16-6-5-9-24-20(16)27-10-12-28(13-11-27)23(29)19-14-30-17-7-3-4-8-18(17)31-19/h3-9,15,19H,10-14H2,1-2H3/t19-/m0/s1. The molecular formula is C23H25N5O4. The quantitative estimate of drug-likeness (QED) is 0.618. The number of amides is 1. The Morgan fingerprint density at radius 3 is 2.56 bits per heavy atom. The van der Waals surface area contributed by atoms with Crippen molar-refractivity contribution in [1.29, 1.82) is 0 Å². The first-order chi connectivity index (χ1) is 15.6. The molecule has 2 aliphatic heterocycles. The van der Waals surface area contributed by atoms with E-state index >= 15 is 0 Å². The molecule has 1 atom stereocenters. The molecule has 0 bridgehead atoms. The zero-order chi connectivity index (χ0) is 22.1. The van der Waals surface area contributed by atoms with E-state index in [1.807, 2.05) is 55.1 Å². The predicted molar refractivity (Wildman–Crippen MR) is 117 cm³/mol. The Kier molecular flexibility index (Phi) is 5.38. The highest BCUT2D eigenvalue weighted by atomic mass is 16.6. The Labute approximate surface area is 186 Å². The number of hydrogen-bond donors (Lipinski definition) is 0. The van der Waals surface area contributed by atoms with Crippen LogP contribution in [-0.4, -0.2) is 64.9 Å². The molecule has 9 nitrogen and oxygen atoms in total. The average molecular weight is 435 g/mol. The van der Waals surface area contributed by atoms with E-state index < -0.39 is 6.10 Å². The number of aromatic nitrogens is 3. The summed E-state index contributed by atoms with van der Waals surface area (Å²) < 4.78 is 17.4. The first-order valence-corrected chi connectivity index (χ1v) is 10.8. The lowest BCUT2D eigenvalue weighted by molar-refractivity contribution is -0.141. The number of rotatable bonds is 4. The van der Waals surface area contributed by atoms with Gasteiger partial charge < -0.3 is 23.7 Å². The van der Waals surface area contributed by atoms with Crippen LogP contribution in [0, 0.1) is 0 Å². The maximum atomic E-state index is 13.0. The molecule has 0 N–H and O–H groups in total. The zero-order valence-corrected chi connectivity index (χ0v) is 18.1. The van der Waals surface area contributed by atoms with Crippen LogP contribution in [0.5, 0.6) is 11.5 Å². The molecule has 1 saturated heterocycles. The van der Waals surface area contributed by atoms with E-state index in [1.165, 1.54) is 0 Å². The molecule has 2 aliphatic rings. The van der Waals surface area contributed by atoms with Crippen molar-refractivity contribution >= 4 is 11.7 Å².